The fraction of sp³-hybridized carbons (Fsp3) is 0.286. The molecule has 2 rings (SSSR count). The van der Waals surface area contributed by atoms with Crippen molar-refractivity contribution in [2.24, 2.45) is 0 Å². The van der Waals surface area contributed by atoms with Gasteiger partial charge < -0.3 is 5.32 Å². The van der Waals surface area contributed by atoms with Crippen molar-refractivity contribution in [2.75, 3.05) is 7.05 Å². The summed E-state index contributed by atoms with van der Waals surface area (Å²) in [5.74, 6) is -0.295. The molecular weight excluding hydrogens is 269 g/mol. The summed E-state index contributed by atoms with van der Waals surface area (Å²) in [7, 11) is 1.93. The number of rotatable bonds is 4. The summed E-state index contributed by atoms with van der Waals surface area (Å²) in [5.41, 5.74) is 3.52. The quantitative estimate of drug-likeness (QED) is 0.879. The Morgan fingerprint density at radius 3 is 2.72 bits per heavy atom. The van der Waals surface area contributed by atoms with E-state index in [0.29, 0.717) is 5.02 Å². The van der Waals surface area contributed by atoms with Crippen LogP contribution in [0.15, 0.2) is 29.0 Å². The van der Waals surface area contributed by atoms with Gasteiger partial charge in [-0.25, -0.2) is 4.39 Å². The smallest absolute Gasteiger partial charge is 0.124 e. The van der Waals surface area contributed by atoms with Crippen molar-refractivity contribution in [2.45, 2.75) is 19.4 Å². The average Bonchev–Trinajstić information content (AvgIpc) is 2.75. The van der Waals surface area contributed by atoms with Crippen molar-refractivity contribution in [3.05, 3.63) is 56.5 Å². The molecule has 0 spiro atoms. The van der Waals surface area contributed by atoms with Crippen LogP contribution < -0.4 is 5.32 Å². The fourth-order valence-electron chi connectivity index (χ4n) is 2.00. The summed E-state index contributed by atoms with van der Waals surface area (Å²) < 4.78 is 13.0. The Kier molecular flexibility index (Phi) is 4.38. The average molecular weight is 284 g/mol. The van der Waals surface area contributed by atoms with Crippen LogP contribution in [0.3, 0.4) is 0 Å². The minimum Gasteiger partial charge on any atom is -0.313 e. The number of hydrogen-bond donors (Lipinski definition) is 1. The van der Waals surface area contributed by atoms with Gasteiger partial charge in [0.2, 0.25) is 0 Å². The highest BCUT2D eigenvalue weighted by molar-refractivity contribution is 7.08. The number of hydrogen-bond acceptors (Lipinski definition) is 2. The topological polar surface area (TPSA) is 12.0 Å². The Morgan fingerprint density at radius 2 is 2.17 bits per heavy atom. The van der Waals surface area contributed by atoms with Crippen molar-refractivity contribution in [1.82, 2.24) is 5.32 Å². The van der Waals surface area contributed by atoms with E-state index in [1.165, 1.54) is 23.3 Å². The van der Waals surface area contributed by atoms with Gasteiger partial charge in [-0.1, -0.05) is 17.7 Å². The van der Waals surface area contributed by atoms with Crippen LogP contribution in [-0.2, 0) is 6.42 Å². The molecular formula is C14H15ClFNS. The third-order valence-electron chi connectivity index (χ3n) is 3.06. The van der Waals surface area contributed by atoms with Crippen LogP contribution in [0.1, 0.15) is 22.7 Å². The molecule has 0 saturated heterocycles. The number of aryl methyl sites for hydroxylation is 1. The van der Waals surface area contributed by atoms with Gasteiger partial charge >= 0.3 is 0 Å². The molecule has 1 aromatic carbocycles. The lowest BCUT2D eigenvalue weighted by Gasteiger charge is -2.17. The number of nitrogens with one attached hydrogen (secondary N) is 1. The molecule has 2 aromatic rings. The second kappa shape index (κ2) is 5.83. The molecule has 1 atom stereocenters. The largest absolute Gasteiger partial charge is 0.313 e. The van der Waals surface area contributed by atoms with E-state index in [1.807, 2.05) is 7.05 Å². The van der Waals surface area contributed by atoms with E-state index in [1.54, 1.807) is 17.4 Å². The Balaban J connectivity index is 2.23. The molecule has 0 fully saturated rings. The normalized spacial score (nSPS) is 12.7. The maximum absolute atomic E-state index is 13.0. The molecule has 0 bridgehead atoms. The molecule has 0 radical (unpaired) electrons. The number of halogens is 2. The first-order chi connectivity index (χ1) is 8.61. The van der Waals surface area contributed by atoms with Crippen LogP contribution in [0.2, 0.25) is 5.02 Å². The Morgan fingerprint density at radius 1 is 1.39 bits per heavy atom. The highest BCUT2D eigenvalue weighted by Crippen LogP contribution is 2.27. The third-order valence-corrected chi connectivity index (χ3v) is 4.29. The molecule has 4 heteroatoms. The maximum atomic E-state index is 13.0. The van der Waals surface area contributed by atoms with Crippen molar-refractivity contribution < 1.29 is 4.39 Å². The highest BCUT2D eigenvalue weighted by Gasteiger charge is 2.15. The van der Waals surface area contributed by atoms with E-state index in [9.17, 15) is 4.39 Å². The van der Waals surface area contributed by atoms with Gasteiger partial charge in [0.15, 0.2) is 0 Å². The predicted molar refractivity (Wildman–Crippen MR) is 76.0 cm³/mol. The van der Waals surface area contributed by atoms with E-state index in [4.69, 9.17) is 11.6 Å². The van der Waals surface area contributed by atoms with Crippen LogP contribution in [-0.4, -0.2) is 7.05 Å². The lowest BCUT2D eigenvalue weighted by molar-refractivity contribution is 0.588. The van der Waals surface area contributed by atoms with Gasteiger partial charge in [0.05, 0.1) is 0 Å². The van der Waals surface area contributed by atoms with Crippen molar-refractivity contribution in [1.29, 1.82) is 0 Å². The molecule has 96 valence electrons. The summed E-state index contributed by atoms with van der Waals surface area (Å²) in [6.45, 7) is 2.10. The SMILES string of the molecule is CNC(Cc1ccc(F)cc1Cl)c1cscc1C. The van der Waals surface area contributed by atoms with Crippen molar-refractivity contribution in [3.63, 3.8) is 0 Å². The second-order valence-electron chi connectivity index (χ2n) is 4.29. The lowest BCUT2D eigenvalue weighted by atomic mass is 9.99. The molecule has 1 unspecified atom stereocenters. The second-order valence-corrected chi connectivity index (χ2v) is 5.44. The van der Waals surface area contributed by atoms with E-state index in [0.717, 1.165) is 12.0 Å². The van der Waals surface area contributed by atoms with E-state index >= 15 is 0 Å². The molecule has 0 saturated carbocycles. The van der Waals surface area contributed by atoms with Gasteiger partial charge in [0.25, 0.3) is 0 Å². The number of benzene rings is 1. The monoisotopic (exact) mass is 283 g/mol. The van der Waals surface area contributed by atoms with E-state index < -0.39 is 0 Å². The van der Waals surface area contributed by atoms with E-state index in [-0.39, 0.29) is 11.9 Å². The number of thiophene rings is 1. The Hall–Kier alpha value is -0.900. The van der Waals surface area contributed by atoms with Gasteiger partial charge in [0.1, 0.15) is 5.82 Å². The van der Waals surface area contributed by atoms with Gasteiger partial charge in [-0.05, 0) is 60.0 Å². The summed E-state index contributed by atoms with van der Waals surface area (Å²) in [4.78, 5) is 0. The summed E-state index contributed by atoms with van der Waals surface area (Å²) >= 11 is 7.76. The summed E-state index contributed by atoms with van der Waals surface area (Å²) in [6.07, 6.45) is 0.757. The highest BCUT2D eigenvalue weighted by atomic mass is 35.5. The lowest BCUT2D eigenvalue weighted by Crippen LogP contribution is -2.19. The minimum atomic E-state index is -0.295. The third kappa shape index (κ3) is 2.91. The number of likely N-dealkylation sites (N-methyl/N-ethyl adjacent to an activating group) is 1. The molecule has 1 heterocycles. The van der Waals surface area contributed by atoms with Gasteiger partial charge in [-0.15, -0.1) is 0 Å². The van der Waals surface area contributed by atoms with Crippen LogP contribution in [0.25, 0.3) is 0 Å². The van der Waals surface area contributed by atoms with Crippen LogP contribution >= 0.6 is 22.9 Å². The Bertz CT molecular complexity index is 538. The molecule has 0 aliphatic rings. The molecule has 1 aromatic heterocycles. The fourth-order valence-corrected chi connectivity index (χ4v) is 3.15. The first-order valence-corrected chi connectivity index (χ1v) is 7.07. The van der Waals surface area contributed by atoms with Crippen molar-refractivity contribution >= 4 is 22.9 Å². The molecule has 1 nitrogen and oxygen atoms in total. The summed E-state index contributed by atoms with van der Waals surface area (Å²) in [5, 5.41) is 8.06. The summed E-state index contributed by atoms with van der Waals surface area (Å²) in [6, 6.07) is 4.78. The Labute approximate surface area is 116 Å². The first-order valence-electron chi connectivity index (χ1n) is 5.75. The van der Waals surface area contributed by atoms with Gasteiger partial charge in [0, 0.05) is 11.1 Å². The molecule has 0 aliphatic heterocycles. The predicted octanol–water partition coefficient (Wildman–Crippen LogP) is 4.35. The first kappa shape index (κ1) is 13.5. The van der Waals surface area contributed by atoms with Crippen LogP contribution in [0, 0.1) is 12.7 Å². The zero-order valence-electron chi connectivity index (χ0n) is 10.3. The molecule has 1 N–H and O–H groups in total. The van der Waals surface area contributed by atoms with Gasteiger partial charge in [-0.2, -0.15) is 11.3 Å². The maximum Gasteiger partial charge on any atom is 0.124 e. The van der Waals surface area contributed by atoms with Crippen LogP contribution in [0.4, 0.5) is 4.39 Å². The minimum absolute atomic E-state index is 0.208. The van der Waals surface area contributed by atoms with Gasteiger partial charge in [-0.3, -0.25) is 0 Å². The molecule has 0 aliphatic carbocycles. The zero-order chi connectivity index (χ0) is 13.1. The molecule has 18 heavy (non-hydrogen) atoms. The molecule has 0 amide bonds. The zero-order valence-corrected chi connectivity index (χ0v) is 11.9. The standard InChI is InChI=1S/C14H15ClFNS/c1-9-7-18-8-12(9)14(17-2)5-10-3-4-11(16)6-13(10)15/h3-4,6-8,14,17H,5H2,1-2H3. The van der Waals surface area contributed by atoms with Crippen LogP contribution in [0.5, 0.6) is 0 Å². The van der Waals surface area contributed by atoms with Crippen molar-refractivity contribution in [3.8, 4) is 0 Å². The van der Waals surface area contributed by atoms with E-state index in [2.05, 4.69) is 23.0 Å².